The molecule has 0 spiro atoms. The van der Waals surface area contributed by atoms with Crippen LogP contribution in [-0.4, -0.2) is 12.9 Å². The summed E-state index contributed by atoms with van der Waals surface area (Å²) in [5.41, 5.74) is 8.68. The van der Waals surface area contributed by atoms with Crippen molar-refractivity contribution in [3.63, 3.8) is 0 Å². The highest BCUT2D eigenvalue weighted by Gasteiger charge is 2.17. The second-order valence-electron chi connectivity index (χ2n) is 5.05. The summed E-state index contributed by atoms with van der Waals surface area (Å²) in [5, 5.41) is 0. The lowest BCUT2D eigenvalue weighted by Crippen LogP contribution is -2.07. The van der Waals surface area contributed by atoms with Gasteiger partial charge in [0.25, 0.3) is 0 Å². The normalized spacial score (nSPS) is 10.4. The number of ether oxygens (including phenoxy) is 1. The predicted octanol–water partition coefficient (Wildman–Crippen LogP) is 3.85. The Morgan fingerprint density at radius 2 is 1.86 bits per heavy atom. The predicted molar refractivity (Wildman–Crippen MR) is 85.9 cm³/mol. The molecule has 0 fully saturated rings. The third-order valence-electron chi connectivity index (χ3n) is 3.54. The lowest BCUT2D eigenvalue weighted by atomic mass is 9.98. The number of hydrogen-bond acceptors (Lipinski definition) is 3. The molecule has 0 atom stereocenters. The summed E-state index contributed by atoms with van der Waals surface area (Å²) in [6.07, 6.45) is 3.37. The quantitative estimate of drug-likeness (QED) is 0.647. The molecule has 0 heterocycles. The van der Waals surface area contributed by atoms with Crippen molar-refractivity contribution in [1.29, 1.82) is 0 Å². The molecule has 0 aliphatic heterocycles. The highest BCUT2D eigenvalue weighted by atomic mass is 16.5. The van der Waals surface area contributed by atoms with Gasteiger partial charge in [-0.1, -0.05) is 43.7 Å². The van der Waals surface area contributed by atoms with E-state index in [1.807, 2.05) is 24.3 Å². The third kappa shape index (κ3) is 3.43. The van der Waals surface area contributed by atoms with Crippen LogP contribution >= 0.6 is 0 Å². The molecule has 0 bridgehead atoms. The first-order chi connectivity index (χ1) is 10.2. The zero-order chi connectivity index (χ0) is 15.2. The van der Waals surface area contributed by atoms with Crippen LogP contribution in [0.2, 0.25) is 0 Å². The molecule has 2 rings (SSSR count). The molecule has 21 heavy (non-hydrogen) atoms. The Bertz CT molecular complexity index is 618. The molecule has 0 unspecified atom stereocenters. The van der Waals surface area contributed by atoms with Crippen molar-refractivity contribution < 1.29 is 9.53 Å². The Labute approximate surface area is 125 Å². The number of unbranched alkanes of at least 4 members (excludes halogenated alkanes) is 1. The van der Waals surface area contributed by atoms with Crippen molar-refractivity contribution in [2.24, 2.45) is 0 Å². The summed E-state index contributed by atoms with van der Waals surface area (Å²) >= 11 is 0. The average Bonchev–Trinajstić information content (AvgIpc) is 2.52. The number of benzene rings is 2. The van der Waals surface area contributed by atoms with E-state index >= 15 is 0 Å². The first kappa shape index (κ1) is 15.1. The number of ketones is 1. The highest BCUT2D eigenvalue weighted by Crippen LogP contribution is 2.27. The van der Waals surface area contributed by atoms with E-state index < -0.39 is 0 Å². The van der Waals surface area contributed by atoms with E-state index in [-0.39, 0.29) is 5.78 Å². The number of methoxy groups -OCH3 is 1. The van der Waals surface area contributed by atoms with Gasteiger partial charge < -0.3 is 10.5 Å². The molecule has 0 aliphatic carbocycles. The molecule has 0 aromatic heterocycles. The van der Waals surface area contributed by atoms with Gasteiger partial charge in [0.2, 0.25) is 0 Å². The van der Waals surface area contributed by atoms with Gasteiger partial charge >= 0.3 is 0 Å². The van der Waals surface area contributed by atoms with Crippen molar-refractivity contribution in [2.75, 3.05) is 12.8 Å². The fourth-order valence-electron chi connectivity index (χ4n) is 2.31. The first-order valence-electron chi connectivity index (χ1n) is 7.23. The Morgan fingerprint density at radius 1 is 1.14 bits per heavy atom. The minimum absolute atomic E-state index is 0.105. The van der Waals surface area contributed by atoms with E-state index in [2.05, 4.69) is 6.92 Å². The molecule has 0 saturated carbocycles. The number of anilines is 1. The Balaban J connectivity index is 2.28. The van der Waals surface area contributed by atoms with Gasteiger partial charge in [0.1, 0.15) is 5.75 Å². The van der Waals surface area contributed by atoms with Gasteiger partial charge in [-0.05, 0) is 30.5 Å². The molecule has 0 saturated heterocycles. The van der Waals surface area contributed by atoms with E-state index in [1.54, 1.807) is 25.3 Å². The van der Waals surface area contributed by atoms with E-state index in [0.29, 0.717) is 22.6 Å². The number of nitrogens with two attached hydrogens (primary N) is 1. The molecule has 0 radical (unpaired) electrons. The van der Waals surface area contributed by atoms with Crippen molar-refractivity contribution in [3.8, 4) is 5.75 Å². The fourth-order valence-corrected chi connectivity index (χ4v) is 2.31. The molecule has 0 amide bonds. The zero-order valence-corrected chi connectivity index (χ0v) is 12.6. The van der Waals surface area contributed by atoms with Gasteiger partial charge in [-0.3, -0.25) is 4.79 Å². The monoisotopic (exact) mass is 283 g/mol. The van der Waals surface area contributed by atoms with Gasteiger partial charge in [-0.25, -0.2) is 0 Å². The number of carbonyl (C=O) groups is 1. The van der Waals surface area contributed by atoms with Crippen molar-refractivity contribution in [3.05, 3.63) is 59.2 Å². The van der Waals surface area contributed by atoms with Gasteiger partial charge in [-0.15, -0.1) is 0 Å². The van der Waals surface area contributed by atoms with E-state index in [9.17, 15) is 4.79 Å². The van der Waals surface area contributed by atoms with Crippen molar-refractivity contribution in [2.45, 2.75) is 26.2 Å². The first-order valence-corrected chi connectivity index (χ1v) is 7.23. The molecular weight excluding hydrogens is 262 g/mol. The molecule has 3 heteroatoms. The summed E-state index contributed by atoms with van der Waals surface area (Å²) in [4.78, 5) is 12.6. The number of hydrogen-bond donors (Lipinski definition) is 1. The topological polar surface area (TPSA) is 52.3 Å². The third-order valence-corrected chi connectivity index (χ3v) is 3.54. The van der Waals surface area contributed by atoms with Gasteiger partial charge in [-0.2, -0.15) is 0 Å². The van der Waals surface area contributed by atoms with Crippen molar-refractivity contribution >= 4 is 11.5 Å². The Kier molecular flexibility index (Phi) is 4.99. The standard InChI is InChI=1S/C18H21NO2/c1-3-4-6-13-9-11-14(12-10-13)18(20)17-15(19)7-5-8-16(17)21-2/h5,7-12H,3-4,6,19H2,1-2H3. The van der Waals surface area contributed by atoms with Crippen LogP contribution in [0.15, 0.2) is 42.5 Å². The van der Waals surface area contributed by atoms with Crippen LogP contribution in [0.1, 0.15) is 41.3 Å². The van der Waals surface area contributed by atoms with Crippen LogP contribution in [0.5, 0.6) is 5.75 Å². The van der Waals surface area contributed by atoms with Gasteiger partial charge in [0, 0.05) is 11.3 Å². The number of rotatable bonds is 6. The summed E-state index contributed by atoms with van der Waals surface area (Å²) in [6, 6.07) is 13.0. The molecule has 3 nitrogen and oxygen atoms in total. The number of nitrogen functional groups attached to an aromatic ring is 1. The molecule has 2 N–H and O–H groups in total. The van der Waals surface area contributed by atoms with E-state index in [1.165, 1.54) is 12.0 Å². The minimum Gasteiger partial charge on any atom is -0.496 e. The number of carbonyl (C=O) groups excluding carboxylic acids is 1. The van der Waals surface area contributed by atoms with Crippen LogP contribution in [0.3, 0.4) is 0 Å². The maximum atomic E-state index is 12.6. The molecule has 110 valence electrons. The van der Waals surface area contributed by atoms with Crippen LogP contribution in [0, 0.1) is 0 Å². The fraction of sp³-hybridized carbons (Fsp3) is 0.278. The van der Waals surface area contributed by atoms with Gasteiger partial charge in [0.15, 0.2) is 5.78 Å². The maximum Gasteiger partial charge on any atom is 0.198 e. The molecule has 2 aromatic rings. The van der Waals surface area contributed by atoms with E-state index in [4.69, 9.17) is 10.5 Å². The molecular formula is C18H21NO2. The van der Waals surface area contributed by atoms with Crippen LogP contribution in [0.4, 0.5) is 5.69 Å². The second kappa shape index (κ2) is 6.93. The summed E-state index contributed by atoms with van der Waals surface area (Å²) < 4.78 is 5.24. The van der Waals surface area contributed by atoms with Crippen LogP contribution in [-0.2, 0) is 6.42 Å². The lowest BCUT2D eigenvalue weighted by Gasteiger charge is -2.10. The van der Waals surface area contributed by atoms with E-state index in [0.717, 1.165) is 12.8 Å². The zero-order valence-electron chi connectivity index (χ0n) is 12.6. The largest absolute Gasteiger partial charge is 0.496 e. The molecule has 2 aromatic carbocycles. The summed E-state index contributed by atoms with van der Waals surface area (Å²) in [6.45, 7) is 2.17. The number of aryl methyl sites for hydroxylation is 1. The Hall–Kier alpha value is -2.29. The SMILES string of the molecule is CCCCc1ccc(C(=O)c2c(N)cccc2OC)cc1. The van der Waals surface area contributed by atoms with Crippen LogP contribution in [0.25, 0.3) is 0 Å². The van der Waals surface area contributed by atoms with Crippen LogP contribution < -0.4 is 10.5 Å². The second-order valence-corrected chi connectivity index (χ2v) is 5.05. The molecule has 0 aliphatic rings. The summed E-state index contributed by atoms with van der Waals surface area (Å²) in [5.74, 6) is 0.405. The summed E-state index contributed by atoms with van der Waals surface area (Å²) in [7, 11) is 1.54. The lowest BCUT2D eigenvalue weighted by molar-refractivity contribution is 0.103. The minimum atomic E-state index is -0.105. The average molecular weight is 283 g/mol. The van der Waals surface area contributed by atoms with Gasteiger partial charge in [0.05, 0.1) is 12.7 Å². The van der Waals surface area contributed by atoms with Crippen molar-refractivity contribution in [1.82, 2.24) is 0 Å². The Morgan fingerprint density at radius 3 is 2.48 bits per heavy atom. The highest BCUT2D eigenvalue weighted by molar-refractivity contribution is 6.13. The smallest absolute Gasteiger partial charge is 0.198 e. The maximum absolute atomic E-state index is 12.6.